The zero-order valence-electron chi connectivity index (χ0n) is 10.0. The van der Waals surface area contributed by atoms with E-state index in [1.165, 1.54) is 0 Å². The van der Waals surface area contributed by atoms with Crippen LogP contribution < -0.4 is 5.32 Å². The molecule has 3 nitrogen and oxygen atoms in total. The standard InChI is InChI=1S/C14H17NO2/c1-10(16)11-5-4-6-12(9-11)15-13-7-2-3-8-14(13)17/h4-6,9,13,15H,2-3,7-8H2,1H3. The molecule has 2 rings (SSSR count). The van der Waals surface area contributed by atoms with Gasteiger partial charge in [0.2, 0.25) is 0 Å². The summed E-state index contributed by atoms with van der Waals surface area (Å²) in [6, 6.07) is 7.26. The fraction of sp³-hybridized carbons (Fsp3) is 0.429. The number of rotatable bonds is 3. The molecule has 0 bridgehead atoms. The Kier molecular flexibility index (Phi) is 3.57. The number of nitrogens with one attached hydrogen (secondary N) is 1. The maximum atomic E-state index is 11.7. The number of hydrogen-bond acceptors (Lipinski definition) is 3. The number of anilines is 1. The molecule has 0 aromatic heterocycles. The second kappa shape index (κ2) is 5.13. The summed E-state index contributed by atoms with van der Waals surface area (Å²) >= 11 is 0. The minimum atomic E-state index is -0.0778. The highest BCUT2D eigenvalue weighted by Gasteiger charge is 2.21. The summed E-state index contributed by atoms with van der Waals surface area (Å²) in [7, 11) is 0. The van der Waals surface area contributed by atoms with E-state index in [-0.39, 0.29) is 17.6 Å². The van der Waals surface area contributed by atoms with Gasteiger partial charge in [-0.05, 0) is 31.9 Å². The van der Waals surface area contributed by atoms with Crippen LogP contribution in [0.3, 0.4) is 0 Å². The number of Topliss-reactive ketones (excluding diaryl/α,β-unsaturated/α-hetero) is 2. The van der Waals surface area contributed by atoms with E-state index in [1.807, 2.05) is 18.2 Å². The highest BCUT2D eigenvalue weighted by atomic mass is 16.1. The zero-order valence-corrected chi connectivity index (χ0v) is 10.0. The molecule has 1 aliphatic carbocycles. The van der Waals surface area contributed by atoms with Gasteiger partial charge >= 0.3 is 0 Å². The van der Waals surface area contributed by atoms with E-state index in [0.717, 1.165) is 24.9 Å². The molecule has 1 saturated carbocycles. The molecule has 1 aromatic carbocycles. The molecule has 3 heteroatoms. The number of carbonyl (C=O) groups is 2. The van der Waals surface area contributed by atoms with Crippen molar-refractivity contribution in [2.45, 2.75) is 38.6 Å². The molecule has 1 unspecified atom stereocenters. The highest BCUT2D eigenvalue weighted by molar-refractivity contribution is 5.95. The predicted octanol–water partition coefficient (Wildman–Crippen LogP) is 2.81. The summed E-state index contributed by atoms with van der Waals surface area (Å²) in [5, 5.41) is 3.22. The lowest BCUT2D eigenvalue weighted by molar-refractivity contribution is -0.121. The zero-order chi connectivity index (χ0) is 12.3. The van der Waals surface area contributed by atoms with Gasteiger partial charge in [-0.2, -0.15) is 0 Å². The van der Waals surface area contributed by atoms with E-state index in [0.29, 0.717) is 12.0 Å². The maximum absolute atomic E-state index is 11.7. The Bertz CT molecular complexity index is 440. The summed E-state index contributed by atoms with van der Waals surface area (Å²) in [5.74, 6) is 0.327. The SMILES string of the molecule is CC(=O)c1cccc(NC2CCCCC2=O)c1. The van der Waals surface area contributed by atoms with Crippen molar-refractivity contribution in [3.8, 4) is 0 Å². The van der Waals surface area contributed by atoms with Crippen molar-refractivity contribution in [1.82, 2.24) is 0 Å². The van der Waals surface area contributed by atoms with Crippen LogP contribution in [0.1, 0.15) is 43.0 Å². The number of hydrogen-bond donors (Lipinski definition) is 1. The maximum Gasteiger partial charge on any atom is 0.159 e. The summed E-state index contributed by atoms with van der Waals surface area (Å²) < 4.78 is 0. The lowest BCUT2D eigenvalue weighted by atomic mass is 9.94. The highest BCUT2D eigenvalue weighted by Crippen LogP contribution is 2.20. The first kappa shape index (κ1) is 11.8. The fourth-order valence-corrected chi connectivity index (χ4v) is 2.16. The van der Waals surface area contributed by atoms with Crippen LogP contribution in [0, 0.1) is 0 Å². The third kappa shape index (κ3) is 2.93. The third-order valence-electron chi connectivity index (χ3n) is 3.16. The van der Waals surface area contributed by atoms with E-state index in [4.69, 9.17) is 0 Å². The Labute approximate surface area is 101 Å². The van der Waals surface area contributed by atoms with Crippen LogP contribution in [0.25, 0.3) is 0 Å². The first-order valence-electron chi connectivity index (χ1n) is 6.07. The van der Waals surface area contributed by atoms with Crippen LogP contribution in [-0.4, -0.2) is 17.6 Å². The van der Waals surface area contributed by atoms with Crippen LogP contribution in [0.15, 0.2) is 24.3 Å². The molecule has 0 radical (unpaired) electrons. The monoisotopic (exact) mass is 231 g/mol. The van der Waals surface area contributed by atoms with E-state index >= 15 is 0 Å². The molecule has 0 amide bonds. The summed E-state index contributed by atoms with van der Waals surface area (Å²) in [5.41, 5.74) is 1.54. The van der Waals surface area contributed by atoms with E-state index in [2.05, 4.69) is 5.32 Å². The van der Waals surface area contributed by atoms with Gasteiger partial charge in [-0.15, -0.1) is 0 Å². The van der Waals surface area contributed by atoms with Crippen LogP contribution in [-0.2, 0) is 4.79 Å². The largest absolute Gasteiger partial charge is 0.375 e. The molecule has 17 heavy (non-hydrogen) atoms. The Hall–Kier alpha value is -1.64. The molecule has 1 aromatic rings. The van der Waals surface area contributed by atoms with Crippen molar-refractivity contribution in [2.24, 2.45) is 0 Å². The van der Waals surface area contributed by atoms with Crippen molar-refractivity contribution >= 4 is 17.3 Å². The average molecular weight is 231 g/mol. The molecule has 1 aliphatic rings. The van der Waals surface area contributed by atoms with Crippen LogP contribution in [0.4, 0.5) is 5.69 Å². The summed E-state index contributed by atoms with van der Waals surface area (Å²) in [6.45, 7) is 1.55. The van der Waals surface area contributed by atoms with Crippen molar-refractivity contribution < 1.29 is 9.59 Å². The molecule has 0 saturated heterocycles. The van der Waals surface area contributed by atoms with Gasteiger partial charge in [0.25, 0.3) is 0 Å². The lowest BCUT2D eigenvalue weighted by Gasteiger charge is -2.22. The molecule has 0 heterocycles. The molecule has 1 N–H and O–H groups in total. The van der Waals surface area contributed by atoms with Gasteiger partial charge in [-0.3, -0.25) is 9.59 Å². The second-order valence-electron chi connectivity index (χ2n) is 4.55. The van der Waals surface area contributed by atoms with E-state index < -0.39 is 0 Å². The van der Waals surface area contributed by atoms with Crippen molar-refractivity contribution in [1.29, 1.82) is 0 Å². The summed E-state index contributed by atoms with van der Waals surface area (Å²) in [4.78, 5) is 22.9. The van der Waals surface area contributed by atoms with Crippen LogP contribution >= 0.6 is 0 Å². The Balaban J connectivity index is 2.09. The van der Waals surface area contributed by atoms with Gasteiger partial charge in [0.15, 0.2) is 11.6 Å². The lowest BCUT2D eigenvalue weighted by Crippen LogP contribution is -2.32. The summed E-state index contributed by atoms with van der Waals surface area (Å²) in [6.07, 6.45) is 3.66. The van der Waals surface area contributed by atoms with Crippen molar-refractivity contribution in [3.63, 3.8) is 0 Å². The van der Waals surface area contributed by atoms with Crippen molar-refractivity contribution in [2.75, 3.05) is 5.32 Å². The second-order valence-corrected chi connectivity index (χ2v) is 4.55. The van der Waals surface area contributed by atoms with Gasteiger partial charge in [0.1, 0.15) is 0 Å². The molecular formula is C14H17NO2. The fourth-order valence-electron chi connectivity index (χ4n) is 2.16. The molecular weight excluding hydrogens is 214 g/mol. The normalized spacial score (nSPS) is 20.1. The minimum absolute atomic E-state index is 0.0450. The Morgan fingerprint density at radius 3 is 2.88 bits per heavy atom. The first-order valence-corrected chi connectivity index (χ1v) is 6.07. The molecule has 90 valence electrons. The molecule has 1 fully saturated rings. The Morgan fingerprint density at radius 1 is 1.35 bits per heavy atom. The van der Waals surface area contributed by atoms with Crippen molar-refractivity contribution in [3.05, 3.63) is 29.8 Å². The minimum Gasteiger partial charge on any atom is -0.375 e. The van der Waals surface area contributed by atoms with Gasteiger partial charge < -0.3 is 5.32 Å². The quantitative estimate of drug-likeness (QED) is 0.814. The average Bonchev–Trinajstić information content (AvgIpc) is 2.32. The van der Waals surface area contributed by atoms with Gasteiger partial charge in [-0.25, -0.2) is 0 Å². The van der Waals surface area contributed by atoms with Crippen LogP contribution in [0.5, 0.6) is 0 Å². The van der Waals surface area contributed by atoms with E-state index in [9.17, 15) is 9.59 Å². The van der Waals surface area contributed by atoms with Gasteiger partial charge in [0.05, 0.1) is 6.04 Å². The third-order valence-corrected chi connectivity index (χ3v) is 3.16. The first-order chi connectivity index (χ1) is 8.16. The number of benzene rings is 1. The van der Waals surface area contributed by atoms with Crippen LogP contribution in [0.2, 0.25) is 0 Å². The predicted molar refractivity (Wildman–Crippen MR) is 67.3 cm³/mol. The number of carbonyl (C=O) groups excluding carboxylic acids is 2. The molecule has 1 atom stereocenters. The Morgan fingerprint density at radius 2 is 2.18 bits per heavy atom. The van der Waals surface area contributed by atoms with Gasteiger partial charge in [0, 0.05) is 17.7 Å². The van der Waals surface area contributed by atoms with Gasteiger partial charge in [-0.1, -0.05) is 18.6 Å². The molecule has 0 aliphatic heterocycles. The topological polar surface area (TPSA) is 46.2 Å². The number of ketones is 2. The molecule has 0 spiro atoms. The smallest absolute Gasteiger partial charge is 0.159 e. The van der Waals surface area contributed by atoms with E-state index in [1.54, 1.807) is 13.0 Å².